The summed E-state index contributed by atoms with van der Waals surface area (Å²) >= 11 is 0. The van der Waals surface area contributed by atoms with Gasteiger partial charge in [-0.2, -0.15) is 0 Å². The van der Waals surface area contributed by atoms with Crippen molar-refractivity contribution in [3.63, 3.8) is 0 Å². The summed E-state index contributed by atoms with van der Waals surface area (Å²) < 4.78 is 44.4. The van der Waals surface area contributed by atoms with E-state index < -0.39 is 63.9 Å². The molecule has 9 heteroatoms. The van der Waals surface area contributed by atoms with E-state index in [1.54, 1.807) is 13.8 Å². The van der Waals surface area contributed by atoms with Crippen LogP contribution in [0.4, 0.5) is 13.6 Å². The number of allylic oxidation sites excluding steroid dienone is 4. The molecule has 38 heavy (non-hydrogen) atoms. The van der Waals surface area contributed by atoms with Gasteiger partial charge in [0.25, 0.3) is 0 Å². The Hall–Kier alpha value is -2.29. The van der Waals surface area contributed by atoms with Crippen LogP contribution in [0, 0.1) is 40.4 Å². The highest BCUT2D eigenvalue weighted by atomic mass is 19.1. The van der Waals surface area contributed by atoms with E-state index in [9.17, 15) is 24.6 Å². The van der Waals surface area contributed by atoms with Gasteiger partial charge < -0.3 is 19.7 Å². The highest BCUT2D eigenvalue weighted by Gasteiger charge is 2.78. The maximum absolute atomic E-state index is 17.3. The molecule has 7 nitrogen and oxygen atoms in total. The van der Waals surface area contributed by atoms with E-state index in [1.807, 2.05) is 0 Å². The lowest BCUT2D eigenvalue weighted by atomic mass is 9.45. The van der Waals surface area contributed by atoms with Crippen molar-refractivity contribution in [3.8, 4) is 0 Å². The molecule has 0 aromatic carbocycles. The number of hydrogen-bond acceptors (Lipinski definition) is 6. The van der Waals surface area contributed by atoms with Crippen molar-refractivity contribution in [2.24, 2.45) is 40.4 Å². The van der Waals surface area contributed by atoms with Crippen LogP contribution in [-0.4, -0.2) is 51.6 Å². The summed E-state index contributed by atoms with van der Waals surface area (Å²) in [5.41, 5.74) is -7.28. The van der Waals surface area contributed by atoms with Crippen molar-refractivity contribution in [2.45, 2.75) is 95.6 Å². The third kappa shape index (κ3) is 3.05. The Balaban J connectivity index is 1.36. The molecule has 2 bridgehead atoms. The summed E-state index contributed by atoms with van der Waals surface area (Å²) in [5.74, 6) is -4.03. The second kappa shape index (κ2) is 8.12. The molecule has 11 atom stereocenters. The average Bonchev–Trinajstić information content (AvgIpc) is 3.51. The summed E-state index contributed by atoms with van der Waals surface area (Å²) in [7, 11) is 0. The van der Waals surface area contributed by atoms with Gasteiger partial charge in [0.15, 0.2) is 11.5 Å². The van der Waals surface area contributed by atoms with E-state index in [0.29, 0.717) is 5.92 Å². The normalized spacial score (nSPS) is 50.9. The van der Waals surface area contributed by atoms with Crippen molar-refractivity contribution in [3.05, 3.63) is 23.6 Å². The number of carbonyl (C=O) groups excluding carboxylic acids is 2. The van der Waals surface area contributed by atoms with Crippen molar-refractivity contribution in [2.75, 3.05) is 0 Å². The SMILES string of the molecule is C[C@@H]1C[C@H]2[C@@H]3CC(F)=C4CC(=O)C=C[C@]4(C)[C@@]3(F)[C@@H](O)C[C@]2(C)[C@@]1(OC(=O)O[C@H]1C[C@H]2CC[C@@H]1C2)C(=O)O. The number of hydrogen-bond donors (Lipinski definition) is 2. The summed E-state index contributed by atoms with van der Waals surface area (Å²) in [5, 5.41) is 22.0. The van der Waals surface area contributed by atoms with Gasteiger partial charge in [-0.3, -0.25) is 4.79 Å². The number of ketones is 1. The molecule has 0 unspecified atom stereocenters. The van der Waals surface area contributed by atoms with Gasteiger partial charge in [-0.1, -0.05) is 19.9 Å². The number of carbonyl (C=O) groups is 3. The first kappa shape index (κ1) is 26.0. The zero-order chi connectivity index (χ0) is 27.4. The van der Waals surface area contributed by atoms with Gasteiger partial charge in [0.1, 0.15) is 11.9 Å². The van der Waals surface area contributed by atoms with Crippen molar-refractivity contribution < 1.29 is 42.9 Å². The fraction of sp³-hybridized carbons (Fsp3) is 0.759. The lowest BCUT2D eigenvalue weighted by Crippen LogP contribution is -2.69. The molecule has 4 fully saturated rings. The zero-order valence-electron chi connectivity index (χ0n) is 22.0. The highest BCUT2D eigenvalue weighted by Crippen LogP contribution is 2.71. The predicted molar refractivity (Wildman–Crippen MR) is 130 cm³/mol. The minimum Gasteiger partial charge on any atom is -0.478 e. The maximum Gasteiger partial charge on any atom is 0.509 e. The average molecular weight is 535 g/mol. The summed E-state index contributed by atoms with van der Waals surface area (Å²) in [6.07, 6.45) is 2.65. The van der Waals surface area contributed by atoms with Crippen molar-refractivity contribution in [1.29, 1.82) is 0 Å². The number of halogens is 2. The number of rotatable bonds is 3. The number of alkyl halides is 1. The van der Waals surface area contributed by atoms with E-state index >= 15 is 8.78 Å². The molecule has 0 aliphatic heterocycles. The van der Waals surface area contributed by atoms with Crippen molar-refractivity contribution >= 4 is 17.9 Å². The number of fused-ring (bicyclic) bond motifs is 7. The molecule has 6 rings (SSSR count). The number of ether oxygens (including phenoxy) is 2. The first-order valence-corrected chi connectivity index (χ1v) is 13.9. The van der Waals surface area contributed by atoms with Crippen LogP contribution in [0.3, 0.4) is 0 Å². The Morgan fingerprint density at radius 1 is 1.13 bits per heavy atom. The van der Waals surface area contributed by atoms with Crippen LogP contribution in [0.25, 0.3) is 0 Å². The maximum atomic E-state index is 17.3. The molecule has 0 heterocycles. The molecule has 6 aliphatic carbocycles. The van der Waals surface area contributed by atoms with Crippen LogP contribution in [0.15, 0.2) is 23.6 Å². The van der Waals surface area contributed by atoms with Gasteiger partial charge in [0.2, 0.25) is 5.60 Å². The van der Waals surface area contributed by atoms with E-state index in [4.69, 9.17) is 9.47 Å². The zero-order valence-corrected chi connectivity index (χ0v) is 22.0. The standard InChI is InChI=1S/C29H36F2O7/c1-14-8-18-19-12-21(30)20-11-17(32)6-7-26(20,2)28(19,31)23(33)13-27(18,3)29(14,24(34)35)38-25(36)37-22-10-15-4-5-16(22)9-15/h6-7,14-16,18-19,22-23,33H,4-5,8-13H2,1-3H3,(H,34,35)/t14-,15+,16-,18+,19+,22+,23+,26+,27+,28+,29+/m1/s1. The number of aliphatic carboxylic acids is 1. The van der Waals surface area contributed by atoms with Gasteiger partial charge >= 0.3 is 12.1 Å². The largest absolute Gasteiger partial charge is 0.509 e. The molecular weight excluding hydrogens is 498 g/mol. The molecule has 0 aromatic rings. The van der Waals surface area contributed by atoms with Crippen molar-refractivity contribution in [1.82, 2.24) is 0 Å². The fourth-order valence-electron chi connectivity index (χ4n) is 9.82. The third-order valence-corrected chi connectivity index (χ3v) is 11.7. The van der Waals surface area contributed by atoms with Gasteiger partial charge in [0, 0.05) is 35.5 Å². The molecule has 4 saturated carbocycles. The van der Waals surface area contributed by atoms with Crippen LogP contribution in [-0.2, 0) is 19.1 Å². The Morgan fingerprint density at radius 2 is 1.87 bits per heavy atom. The Labute approximate surface area is 220 Å². The molecule has 208 valence electrons. The molecule has 0 saturated heterocycles. The number of aliphatic hydroxyl groups excluding tert-OH is 1. The third-order valence-electron chi connectivity index (χ3n) is 11.7. The molecule has 0 spiro atoms. The molecular formula is C29H36F2O7. The Bertz CT molecular complexity index is 1170. The second-order valence-corrected chi connectivity index (χ2v) is 13.2. The van der Waals surface area contributed by atoms with Gasteiger partial charge in [-0.15, -0.1) is 0 Å². The fourth-order valence-corrected chi connectivity index (χ4v) is 9.82. The smallest absolute Gasteiger partial charge is 0.478 e. The lowest BCUT2D eigenvalue weighted by Gasteiger charge is -2.61. The van der Waals surface area contributed by atoms with Crippen LogP contribution in [0.5, 0.6) is 0 Å². The van der Waals surface area contributed by atoms with E-state index in [2.05, 4.69) is 0 Å². The van der Waals surface area contributed by atoms with Crippen LogP contribution in [0.2, 0.25) is 0 Å². The van der Waals surface area contributed by atoms with Gasteiger partial charge in [-0.05, 0) is 74.9 Å². The number of aliphatic hydroxyl groups is 1. The monoisotopic (exact) mass is 534 g/mol. The molecule has 0 amide bonds. The second-order valence-electron chi connectivity index (χ2n) is 13.2. The summed E-state index contributed by atoms with van der Waals surface area (Å²) in [6.45, 7) is 4.77. The molecule has 0 radical (unpaired) electrons. The topological polar surface area (TPSA) is 110 Å². The number of carboxylic acid groups (broad SMARTS) is 1. The van der Waals surface area contributed by atoms with Crippen LogP contribution >= 0.6 is 0 Å². The molecule has 6 aliphatic rings. The van der Waals surface area contributed by atoms with Crippen LogP contribution in [0.1, 0.15) is 72.1 Å². The highest BCUT2D eigenvalue weighted by molar-refractivity contribution is 5.93. The number of carboxylic acids is 1. The quantitative estimate of drug-likeness (QED) is 0.487. The summed E-state index contributed by atoms with van der Waals surface area (Å²) in [6, 6.07) is 0. The van der Waals surface area contributed by atoms with Gasteiger partial charge in [0.05, 0.1) is 6.10 Å². The lowest BCUT2D eigenvalue weighted by molar-refractivity contribution is -0.227. The van der Waals surface area contributed by atoms with Gasteiger partial charge in [-0.25, -0.2) is 18.4 Å². The minimum absolute atomic E-state index is 0.0487. The minimum atomic E-state index is -2.32. The van der Waals surface area contributed by atoms with E-state index in [0.717, 1.165) is 25.7 Å². The summed E-state index contributed by atoms with van der Waals surface area (Å²) in [4.78, 5) is 38.2. The van der Waals surface area contributed by atoms with E-state index in [1.165, 1.54) is 19.1 Å². The van der Waals surface area contributed by atoms with E-state index in [-0.39, 0.29) is 49.1 Å². The first-order chi connectivity index (χ1) is 17.8. The Kier molecular flexibility index (Phi) is 5.54. The first-order valence-electron chi connectivity index (χ1n) is 13.9. The molecule has 2 N–H and O–H groups in total. The van der Waals surface area contributed by atoms with Crippen LogP contribution < -0.4 is 0 Å². The Morgan fingerprint density at radius 3 is 2.50 bits per heavy atom. The molecule has 0 aromatic heterocycles. The predicted octanol–water partition coefficient (Wildman–Crippen LogP) is 5.07.